The SMILES string of the molecule is CCOC(=O)[C@@H](Sc1nnc(-c2ccco2)o1)c1ccccc1. The zero-order valence-corrected chi connectivity index (χ0v) is 13.2. The van der Waals surface area contributed by atoms with E-state index in [-0.39, 0.29) is 17.1 Å². The van der Waals surface area contributed by atoms with E-state index in [4.69, 9.17) is 13.6 Å². The number of aromatic nitrogens is 2. The minimum Gasteiger partial charge on any atom is -0.465 e. The molecule has 0 fully saturated rings. The number of ether oxygens (including phenoxy) is 1. The highest BCUT2D eigenvalue weighted by Crippen LogP contribution is 2.36. The zero-order chi connectivity index (χ0) is 16.1. The highest BCUT2D eigenvalue weighted by molar-refractivity contribution is 8.00. The van der Waals surface area contributed by atoms with Crippen LogP contribution in [-0.4, -0.2) is 22.8 Å². The van der Waals surface area contributed by atoms with Gasteiger partial charge in [0.15, 0.2) is 5.76 Å². The molecule has 0 aliphatic carbocycles. The molecule has 0 saturated carbocycles. The second kappa shape index (κ2) is 7.15. The van der Waals surface area contributed by atoms with E-state index >= 15 is 0 Å². The van der Waals surface area contributed by atoms with E-state index in [2.05, 4.69) is 10.2 Å². The Bertz CT molecular complexity index is 756. The van der Waals surface area contributed by atoms with E-state index in [1.54, 1.807) is 19.1 Å². The number of thioether (sulfide) groups is 1. The summed E-state index contributed by atoms with van der Waals surface area (Å²) in [6, 6.07) is 12.8. The average Bonchev–Trinajstić information content (AvgIpc) is 3.25. The minimum atomic E-state index is -0.568. The van der Waals surface area contributed by atoms with Crippen molar-refractivity contribution in [2.75, 3.05) is 6.61 Å². The Balaban J connectivity index is 1.82. The zero-order valence-electron chi connectivity index (χ0n) is 12.3. The van der Waals surface area contributed by atoms with Crippen LogP contribution >= 0.6 is 11.8 Å². The predicted molar refractivity (Wildman–Crippen MR) is 83.7 cm³/mol. The maximum atomic E-state index is 12.2. The van der Waals surface area contributed by atoms with Crippen molar-refractivity contribution in [2.45, 2.75) is 17.4 Å². The largest absolute Gasteiger partial charge is 0.465 e. The first-order valence-corrected chi connectivity index (χ1v) is 7.91. The van der Waals surface area contributed by atoms with Crippen LogP contribution in [0.15, 0.2) is 62.8 Å². The van der Waals surface area contributed by atoms with Crippen LogP contribution in [0, 0.1) is 0 Å². The third kappa shape index (κ3) is 3.62. The standard InChI is InChI=1S/C16H14N2O4S/c1-2-20-15(19)13(11-7-4-3-5-8-11)23-16-18-17-14(22-16)12-9-6-10-21-12/h3-10,13H,2H2,1H3/t13-/m0/s1. The molecule has 0 bridgehead atoms. The van der Waals surface area contributed by atoms with E-state index in [9.17, 15) is 4.79 Å². The Morgan fingerprint density at radius 3 is 2.74 bits per heavy atom. The third-order valence-corrected chi connectivity index (χ3v) is 4.03. The van der Waals surface area contributed by atoms with Crippen LogP contribution in [-0.2, 0) is 9.53 Å². The van der Waals surface area contributed by atoms with Crippen molar-refractivity contribution in [1.82, 2.24) is 10.2 Å². The van der Waals surface area contributed by atoms with Crippen molar-refractivity contribution < 1.29 is 18.4 Å². The molecule has 0 aliphatic heterocycles. The molecule has 0 spiro atoms. The summed E-state index contributed by atoms with van der Waals surface area (Å²) in [5.74, 6) is 0.409. The van der Waals surface area contributed by atoms with Gasteiger partial charge in [-0.25, -0.2) is 0 Å². The molecule has 1 atom stereocenters. The number of hydrogen-bond acceptors (Lipinski definition) is 7. The number of furan rings is 1. The predicted octanol–water partition coefficient (Wildman–Crippen LogP) is 3.73. The van der Waals surface area contributed by atoms with Gasteiger partial charge in [0.2, 0.25) is 0 Å². The fourth-order valence-electron chi connectivity index (χ4n) is 1.96. The maximum absolute atomic E-state index is 12.2. The lowest BCUT2D eigenvalue weighted by molar-refractivity contribution is -0.142. The smallest absolute Gasteiger partial charge is 0.324 e. The van der Waals surface area contributed by atoms with Gasteiger partial charge in [-0.2, -0.15) is 0 Å². The molecule has 23 heavy (non-hydrogen) atoms. The van der Waals surface area contributed by atoms with Gasteiger partial charge in [0.05, 0.1) is 12.9 Å². The highest BCUT2D eigenvalue weighted by atomic mass is 32.2. The number of carbonyl (C=O) groups excluding carboxylic acids is 1. The maximum Gasteiger partial charge on any atom is 0.324 e. The summed E-state index contributed by atoms with van der Waals surface area (Å²) in [5.41, 5.74) is 0.814. The molecule has 0 amide bonds. The molecular formula is C16H14N2O4S. The molecule has 7 heteroatoms. The highest BCUT2D eigenvalue weighted by Gasteiger charge is 2.26. The summed E-state index contributed by atoms with van der Waals surface area (Å²) < 4.78 is 15.9. The quantitative estimate of drug-likeness (QED) is 0.503. The Morgan fingerprint density at radius 1 is 1.22 bits per heavy atom. The van der Waals surface area contributed by atoms with E-state index in [0.29, 0.717) is 12.4 Å². The van der Waals surface area contributed by atoms with Gasteiger partial charge < -0.3 is 13.6 Å². The van der Waals surface area contributed by atoms with E-state index in [1.165, 1.54) is 6.26 Å². The molecule has 1 aromatic carbocycles. The van der Waals surface area contributed by atoms with E-state index in [1.807, 2.05) is 30.3 Å². The number of rotatable bonds is 6. The van der Waals surface area contributed by atoms with E-state index < -0.39 is 5.25 Å². The fourth-order valence-corrected chi connectivity index (χ4v) is 2.83. The van der Waals surface area contributed by atoms with Gasteiger partial charge in [-0.1, -0.05) is 30.3 Å². The van der Waals surface area contributed by atoms with Gasteiger partial charge in [-0.15, -0.1) is 10.2 Å². The number of esters is 1. The molecule has 0 unspecified atom stereocenters. The third-order valence-electron chi connectivity index (χ3n) is 2.96. The van der Waals surface area contributed by atoms with E-state index in [0.717, 1.165) is 17.3 Å². The second-order valence-corrected chi connectivity index (χ2v) is 5.57. The topological polar surface area (TPSA) is 78.4 Å². The summed E-state index contributed by atoms with van der Waals surface area (Å²) >= 11 is 1.15. The molecule has 2 aromatic heterocycles. The number of nitrogens with zero attached hydrogens (tertiary/aromatic N) is 2. The lowest BCUT2D eigenvalue weighted by Gasteiger charge is -2.13. The number of benzene rings is 1. The Labute approximate surface area is 136 Å². The molecule has 0 radical (unpaired) electrons. The molecule has 0 N–H and O–H groups in total. The normalized spacial score (nSPS) is 12.0. The Kier molecular flexibility index (Phi) is 4.77. The average molecular weight is 330 g/mol. The van der Waals surface area contributed by atoms with Gasteiger partial charge in [0.1, 0.15) is 5.25 Å². The monoisotopic (exact) mass is 330 g/mol. The van der Waals surface area contributed by atoms with Crippen LogP contribution in [0.5, 0.6) is 0 Å². The van der Waals surface area contributed by atoms with Gasteiger partial charge in [-0.05, 0) is 36.4 Å². The second-order valence-electron chi connectivity index (χ2n) is 4.51. The summed E-state index contributed by atoms with van der Waals surface area (Å²) in [6.07, 6.45) is 1.53. The van der Waals surface area contributed by atoms with Crippen molar-refractivity contribution >= 4 is 17.7 Å². The Hall–Kier alpha value is -2.54. The van der Waals surface area contributed by atoms with Crippen LogP contribution in [0.2, 0.25) is 0 Å². The Morgan fingerprint density at radius 2 is 2.04 bits per heavy atom. The van der Waals surface area contributed by atoms with Gasteiger partial charge in [0.25, 0.3) is 11.1 Å². The van der Waals surface area contributed by atoms with Crippen molar-refractivity contribution in [2.24, 2.45) is 0 Å². The van der Waals surface area contributed by atoms with Crippen LogP contribution in [0.1, 0.15) is 17.7 Å². The van der Waals surface area contributed by atoms with Crippen molar-refractivity contribution in [3.8, 4) is 11.7 Å². The lowest BCUT2D eigenvalue weighted by atomic mass is 10.1. The summed E-state index contributed by atoms with van der Waals surface area (Å²) in [4.78, 5) is 12.2. The molecule has 3 rings (SSSR count). The molecule has 6 nitrogen and oxygen atoms in total. The van der Waals surface area contributed by atoms with Gasteiger partial charge in [-0.3, -0.25) is 4.79 Å². The molecule has 3 aromatic rings. The molecule has 2 heterocycles. The van der Waals surface area contributed by atoms with Crippen molar-refractivity contribution in [3.63, 3.8) is 0 Å². The molecule has 0 aliphatic rings. The van der Waals surface area contributed by atoms with Crippen LogP contribution in [0.3, 0.4) is 0 Å². The molecule has 0 saturated heterocycles. The summed E-state index contributed by atoms with van der Waals surface area (Å²) in [6.45, 7) is 2.08. The molecule has 118 valence electrons. The number of hydrogen-bond donors (Lipinski definition) is 0. The van der Waals surface area contributed by atoms with Crippen LogP contribution in [0.4, 0.5) is 0 Å². The first-order chi connectivity index (χ1) is 11.3. The fraction of sp³-hybridized carbons (Fsp3) is 0.188. The van der Waals surface area contributed by atoms with Crippen molar-refractivity contribution in [1.29, 1.82) is 0 Å². The minimum absolute atomic E-state index is 0.271. The van der Waals surface area contributed by atoms with Gasteiger partial charge in [0, 0.05) is 0 Å². The van der Waals surface area contributed by atoms with Crippen molar-refractivity contribution in [3.05, 3.63) is 54.3 Å². The van der Waals surface area contributed by atoms with Crippen LogP contribution in [0.25, 0.3) is 11.7 Å². The van der Waals surface area contributed by atoms with Gasteiger partial charge >= 0.3 is 5.97 Å². The molecular weight excluding hydrogens is 316 g/mol. The number of carbonyl (C=O) groups is 1. The first kappa shape index (κ1) is 15.4. The summed E-state index contributed by atoms with van der Waals surface area (Å²) in [7, 11) is 0. The van der Waals surface area contributed by atoms with Crippen LogP contribution < -0.4 is 0 Å². The lowest BCUT2D eigenvalue weighted by Crippen LogP contribution is -2.13. The summed E-state index contributed by atoms with van der Waals surface area (Å²) in [5, 5.41) is 7.59. The first-order valence-electron chi connectivity index (χ1n) is 7.03.